The Kier molecular flexibility index (Phi) is 8.54. The normalized spacial score (nSPS) is 17.5. The first-order valence-corrected chi connectivity index (χ1v) is 15.7. The van der Waals surface area contributed by atoms with Crippen LogP contribution < -0.4 is 15.4 Å². The summed E-state index contributed by atoms with van der Waals surface area (Å²) >= 11 is 0. The molecule has 6 rings (SSSR count). The number of aromatic nitrogens is 4. The molecule has 44 heavy (non-hydrogen) atoms. The Morgan fingerprint density at radius 1 is 0.614 bits per heavy atom. The Labute approximate surface area is 275 Å². The second-order valence-corrected chi connectivity index (χ2v) is 13.1. The van der Waals surface area contributed by atoms with Crippen molar-refractivity contribution < 1.29 is 28.8 Å². The summed E-state index contributed by atoms with van der Waals surface area (Å²) in [5.74, 6) is 0. The van der Waals surface area contributed by atoms with Gasteiger partial charge in [-0.2, -0.15) is 0 Å². The minimum Gasteiger partial charge on any atom is -0.658 e. The molecular formula is C36H43BN4O2Zn. The molecule has 8 bridgehead atoms. The van der Waals surface area contributed by atoms with Crippen molar-refractivity contribution in [3.8, 4) is 0 Å². The van der Waals surface area contributed by atoms with E-state index in [-0.39, 0.29) is 19.5 Å². The Morgan fingerprint density at radius 2 is 1.09 bits per heavy atom. The van der Waals surface area contributed by atoms with Gasteiger partial charge in [-0.1, -0.05) is 55.7 Å². The van der Waals surface area contributed by atoms with Crippen molar-refractivity contribution in [2.45, 2.75) is 107 Å². The van der Waals surface area contributed by atoms with Crippen LogP contribution in [0.3, 0.4) is 0 Å². The quantitative estimate of drug-likeness (QED) is 0.272. The Bertz CT molecular complexity index is 1880. The Morgan fingerprint density at radius 3 is 1.64 bits per heavy atom. The van der Waals surface area contributed by atoms with Crippen molar-refractivity contribution in [2.75, 3.05) is 0 Å². The molecule has 6 nitrogen and oxygen atoms in total. The van der Waals surface area contributed by atoms with E-state index in [0.717, 1.165) is 75.1 Å². The molecule has 0 unspecified atom stereocenters. The van der Waals surface area contributed by atoms with E-state index in [1.54, 1.807) is 0 Å². The first-order chi connectivity index (χ1) is 20.3. The van der Waals surface area contributed by atoms with Gasteiger partial charge in [0.15, 0.2) is 0 Å². The summed E-state index contributed by atoms with van der Waals surface area (Å²) in [5.41, 5.74) is 15.9. The zero-order chi connectivity index (χ0) is 31.0. The molecule has 0 amide bonds. The van der Waals surface area contributed by atoms with Crippen LogP contribution in [0.1, 0.15) is 115 Å². The van der Waals surface area contributed by atoms with Gasteiger partial charge in [0.1, 0.15) is 0 Å². The molecule has 1 fully saturated rings. The molecule has 0 aliphatic carbocycles. The maximum Gasteiger partial charge on any atom is 2.00 e. The van der Waals surface area contributed by atoms with Gasteiger partial charge in [0.05, 0.1) is 34.0 Å². The molecule has 224 valence electrons. The zero-order valence-electron chi connectivity index (χ0n) is 28.3. The van der Waals surface area contributed by atoms with Crippen LogP contribution >= 0.6 is 0 Å². The van der Waals surface area contributed by atoms with E-state index in [1.165, 1.54) is 33.4 Å². The van der Waals surface area contributed by atoms with Crippen molar-refractivity contribution in [1.82, 2.24) is 19.9 Å². The van der Waals surface area contributed by atoms with Crippen molar-refractivity contribution in [3.63, 3.8) is 0 Å². The van der Waals surface area contributed by atoms with Crippen LogP contribution in [0.4, 0.5) is 0 Å². The summed E-state index contributed by atoms with van der Waals surface area (Å²) < 4.78 is 13.2. The third-order valence-corrected chi connectivity index (χ3v) is 10.1. The minimum absolute atomic E-state index is 0. The molecule has 3 aliphatic rings. The summed E-state index contributed by atoms with van der Waals surface area (Å²) in [6.45, 7) is 23.6. The second kappa shape index (κ2) is 11.5. The molecule has 0 saturated carbocycles. The number of fused-ring (bicyclic) bond motifs is 8. The number of allylic oxidation sites excluding steroid dienone is 4. The molecule has 3 aliphatic heterocycles. The molecule has 0 aromatic carbocycles. The SMILES string of the molecule is CCC1=C(C)c2cc3[n-]c(cc4[n-]c(cc5nc(cc1n2)C(C)=C5CC)c(C)c4B1OC(C)(C)C(C)(C)O1)c(C)c3CC.[Zn+2]. The number of aryl methyl sites for hydroxylation is 3. The zero-order valence-corrected chi connectivity index (χ0v) is 31.3. The standard InChI is InChI=1S/C36H43BN4O2.Zn/c1-12-23-19(4)26-16-31-25(14-3)21(6)28(40-31)18-33-34(37-42-35(8,9)36(10,11)43-37)22(7)29(41-33)17-32-24(13-2)20(5)27(39-32)15-30(23)38-26;/h15-18H,12-14H2,1-11H3;/q-2;+2. The first-order valence-electron chi connectivity index (χ1n) is 15.7. The van der Waals surface area contributed by atoms with Gasteiger partial charge in [0, 0.05) is 0 Å². The van der Waals surface area contributed by atoms with Crippen molar-refractivity contribution >= 4 is 56.9 Å². The summed E-state index contributed by atoms with van der Waals surface area (Å²) in [6.07, 6.45) is 2.67. The third kappa shape index (κ3) is 5.07. The fraction of sp³-hybridized carbons (Fsp3) is 0.444. The summed E-state index contributed by atoms with van der Waals surface area (Å²) in [6, 6.07) is 8.57. The van der Waals surface area contributed by atoms with E-state index in [9.17, 15) is 0 Å². The van der Waals surface area contributed by atoms with Crippen molar-refractivity contribution in [1.29, 1.82) is 0 Å². The second-order valence-electron chi connectivity index (χ2n) is 13.1. The molecule has 0 spiro atoms. The summed E-state index contributed by atoms with van der Waals surface area (Å²) in [5, 5.41) is 0. The molecule has 0 atom stereocenters. The van der Waals surface area contributed by atoms with E-state index >= 15 is 0 Å². The van der Waals surface area contributed by atoms with Gasteiger partial charge in [-0.25, -0.2) is 9.97 Å². The average Bonchev–Trinajstić information content (AvgIpc) is 3.65. The summed E-state index contributed by atoms with van der Waals surface area (Å²) in [4.78, 5) is 20.7. The largest absolute Gasteiger partial charge is 2.00 e. The van der Waals surface area contributed by atoms with Crippen LogP contribution in [0.2, 0.25) is 0 Å². The van der Waals surface area contributed by atoms with Crippen LogP contribution in [0, 0.1) is 13.8 Å². The first kappa shape index (κ1) is 32.6. The number of rotatable bonds is 4. The van der Waals surface area contributed by atoms with Gasteiger partial charge in [-0.15, -0.1) is 22.1 Å². The molecule has 0 N–H and O–H groups in total. The predicted molar refractivity (Wildman–Crippen MR) is 179 cm³/mol. The Hall–Kier alpha value is -2.79. The molecule has 3 aromatic rings. The van der Waals surface area contributed by atoms with Gasteiger partial charge in [0.2, 0.25) is 0 Å². The van der Waals surface area contributed by atoms with Crippen molar-refractivity contribution in [3.05, 3.63) is 63.7 Å². The number of hydrogen-bond acceptors (Lipinski definition) is 4. The maximum atomic E-state index is 6.58. The fourth-order valence-electron chi connectivity index (χ4n) is 6.63. The van der Waals surface area contributed by atoms with Gasteiger partial charge >= 0.3 is 26.6 Å². The van der Waals surface area contributed by atoms with Crippen LogP contribution in [0.5, 0.6) is 0 Å². The summed E-state index contributed by atoms with van der Waals surface area (Å²) in [7, 11) is -0.537. The van der Waals surface area contributed by atoms with E-state index in [4.69, 9.17) is 29.2 Å². The van der Waals surface area contributed by atoms with Crippen LogP contribution in [0.15, 0.2) is 24.3 Å². The van der Waals surface area contributed by atoms with Crippen LogP contribution in [-0.4, -0.2) is 28.3 Å². The van der Waals surface area contributed by atoms with Gasteiger partial charge in [-0.05, 0) is 108 Å². The van der Waals surface area contributed by atoms with Crippen LogP contribution in [0.25, 0.3) is 44.4 Å². The van der Waals surface area contributed by atoms with Crippen molar-refractivity contribution in [2.24, 2.45) is 0 Å². The molecule has 3 aromatic heterocycles. The molecule has 0 radical (unpaired) electrons. The van der Waals surface area contributed by atoms with Gasteiger partial charge in [0.25, 0.3) is 0 Å². The molecule has 8 heteroatoms. The van der Waals surface area contributed by atoms with Gasteiger partial charge in [-0.3, -0.25) is 0 Å². The van der Waals surface area contributed by atoms with Gasteiger partial charge < -0.3 is 19.3 Å². The van der Waals surface area contributed by atoms with E-state index in [1.807, 2.05) is 0 Å². The smallest absolute Gasteiger partial charge is 0.658 e. The monoisotopic (exact) mass is 638 g/mol. The molecular weight excluding hydrogens is 597 g/mol. The molecule has 6 heterocycles. The van der Waals surface area contributed by atoms with E-state index in [0.29, 0.717) is 0 Å². The van der Waals surface area contributed by atoms with Crippen LogP contribution in [-0.2, 0) is 35.2 Å². The average molecular weight is 640 g/mol. The van der Waals surface area contributed by atoms with E-state index in [2.05, 4.69) is 100 Å². The minimum atomic E-state index is -0.537. The fourth-order valence-corrected chi connectivity index (χ4v) is 6.63. The third-order valence-electron chi connectivity index (χ3n) is 10.1. The Balaban J connectivity index is 0.00000384. The number of nitrogens with zero attached hydrogens (tertiary/aromatic N) is 4. The predicted octanol–water partition coefficient (Wildman–Crippen LogP) is 7.73. The topological polar surface area (TPSA) is 72.4 Å². The number of hydrogen-bond donors (Lipinski definition) is 0. The maximum absolute atomic E-state index is 6.58. The van der Waals surface area contributed by atoms with E-state index < -0.39 is 18.3 Å². The molecule has 1 saturated heterocycles.